The monoisotopic (exact) mass is 534 g/mol. The van der Waals surface area contributed by atoms with Crippen LogP contribution in [0.3, 0.4) is 0 Å². The molecule has 2 N–H and O–H groups in total. The molecule has 4 aromatic rings. The molecule has 2 aromatic carbocycles. The summed E-state index contributed by atoms with van der Waals surface area (Å²) in [7, 11) is 2.86. The molecule has 0 fully saturated rings. The maximum absolute atomic E-state index is 14.3. The molecule has 1 aliphatic carbocycles. The molecule has 6 heteroatoms. The number of allylic oxidation sites excluding steroid dienone is 5. The second kappa shape index (κ2) is 10.9. The van der Waals surface area contributed by atoms with E-state index in [0.717, 1.165) is 39.5 Å². The third-order valence-electron chi connectivity index (χ3n) is 7.40. The lowest BCUT2D eigenvalue weighted by molar-refractivity contribution is -0.117. The molecule has 0 spiro atoms. The first-order chi connectivity index (χ1) is 19.3. The van der Waals surface area contributed by atoms with E-state index < -0.39 is 11.6 Å². The van der Waals surface area contributed by atoms with Crippen LogP contribution < -0.4 is 0 Å². The predicted molar refractivity (Wildman–Crippen MR) is 161 cm³/mol. The Hall–Kier alpha value is -4.58. The van der Waals surface area contributed by atoms with Crippen molar-refractivity contribution in [3.05, 3.63) is 100 Å². The van der Waals surface area contributed by atoms with Gasteiger partial charge in [-0.2, -0.15) is 0 Å². The van der Waals surface area contributed by atoms with E-state index in [-0.39, 0.29) is 28.6 Å². The molecule has 40 heavy (non-hydrogen) atoms. The average Bonchev–Trinajstić information content (AvgIpc) is 3.54. The van der Waals surface area contributed by atoms with E-state index >= 15 is 0 Å². The average molecular weight is 535 g/mol. The molecule has 0 saturated carbocycles. The van der Waals surface area contributed by atoms with Gasteiger partial charge in [0, 0.05) is 39.3 Å². The lowest BCUT2D eigenvalue weighted by atomic mass is 9.84. The lowest BCUT2D eigenvalue weighted by Crippen LogP contribution is -2.25. The van der Waals surface area contributed by atoms with Gasteiger partial charge in [-0.05, 0) is 43.9 Å². The second-order valence-electron chi connectivity index (χ2n) is 10.4. The van der Waals surface area contributed by atoms with Crippen molar-refractivity contribution < 1.29 is 19.1 Å². The van der Waals surface area contributed by atoms with Gasteiger partial charge in [0.1, 0.15) is 0 Å². The number of methoxy groups -OCH3 is 2. The third kappa shape index (κ3) is 4.49. The van der Waals surface area contributed by atoms with Crippen LogP contribution in [0.2, 0.25) is 0 Å². The minimum Gasteiger partial charge on any atom is -0.492 e. The van der Waals surface area contributed by atoms with Crippen molar-refractivity contribution in [1.29, 1.82) is 0 Å². The molecule has 5 rings (SSSR count). The van der Waals surface area contributed by atoms with Gasteiger partial charge < -0.3 is 19.4 Å². The van der Waals surface area contributed by atoms with Crippen molar-refractivity contribution in [2.45, 2.75) is 34.1 Å². The molecule has 0 atom stereocenters. The van der Waals surface area contributed by atoms with E-state index in [1.54, 1.807) is 6.20 Å². The van der Waals surface area contributed by atoms with Crippen molar-refractivity contribution >= 4 is 50.6 Å². The van der Waals surface area contributed by atoms with Crippen LogP contribution in [-0.2, 0) is 25.5 Å². The van der Waals surface area contributed by atoms with E-state index in [1.807, 2.05) is 49.4 Å². The van der Waals surface area contributed by atoms with E-state index in [2.05, 4.69) is 49.0 Å². The normalized spacial score (nSPS) is 15.0. The first-order valence-electron chi connectivity index (χ1n) is 13.5. The minimum absolute atomic E-state index is 0.000363. The van der Waals surface area contributed by atoms with Crippen LogP contribution in [-0.4, -0.2) is 35.8 Å². The van der Waals surface area contributed by atoms with E-state index in [0.29, 0.717) is 11.1 Å². The number of carbonyl (C=O) groups is 2. The summed E-state index contributed by atoms with van der Waals surface area (Å²) in [5.41, 5.74) is 6.48. The fraction of sp³-hybridized carbons (Fsp3) is 0.235. The van der Waals surface area contributed by atoms with Crippen molar-refractivity contribution in [3.8, 4) is 0 Å². The summed E-state index contributed by atoms with van der Waals surface area (Å²) in [6.45, 7) is 8.30. The van der Waals surface area contributed by atoms with Crippen LogP contribution in [0.5, 0.6) is 0 Å². The zero-order valence-corrected chi connectivity index (χ0v) is 23.8. The molecule has 0 bridgehead atoms. The van der Waals surface area contributed by atoms with Crippen molar-refractivity contribution in [2.24, 2.45) is 5.92 Å². The number of nitrogens with one attached hydrogen (secondary N) is 2. The Morgan fingerprint density at radius 3 is 2.30 bits per heavy atom. The van der Waals surface area contributed by atoms with Crippen molar-refractivity contribution in [1.82, 2.24) is 9.97 Å². The highest BCUT2D eigenvalue weighted by atomic mass is 16.5. The molecule has 0 unspecified atom stereocenters. The quantitative estimate of drug-likeness (QED) is 0.182. The Balaban J connectivity index is 1.79. The Bertz CT molecular complexity index is 1770. The molecule has 0 aliphatic heterocycles. The zero-order valence-electron chi connectivity index (χ0n) is 23.8. The van der Waals surface area contributed by atoms with Crippen LogP contribution in [0.1, 0.15) is 50.1 Å². The summed E-state index contributed by atoms with van der Waals surface area (Å²) in [6.07, 6.45) is 8.64. The topological polar surface area (TPSA) is 84.2 Å². The Labute approximate surface area is 234 Å². The fourth-order valence-electron chi connectivity index (χ4n) is 5.33. The number of para-hydroxylation sites is 2. The molecule has 6 nitrogen and oxygen atoms in total. The van der Waals surface area contributed by atoms with Gasteiger partial charge in [-0.1, -0.05) is 68.0 Å². The number of carbonyl (C=O) groups excluding carboxylic acids is 2. The summed E-state index contributed by atoms with van der Waals surface area (Å²) >= 11 is 0. The molecule has 2 heterocycles. The maximum Gasteiger partial charge on any atom is 0.232 e. The van der Waals surface area contributed by atoms with Gasteiger partial charge in [0.05, 0.1) is 30.9 Å². The van der Waals surface area contributed by atoms with Gasteiger partial charge in [-0.15, -0.1) is 0 Å². The Morgan fingerprint density at radius 2 is 1.60 bits per heavy atom. The Morgan fingerprint density at radius 1 is 0.925 bits per heavy atom. The number of rotatable bonds is 8. The van der Waals surface area contributed by atoms with E-state index in [9.17, 15) is 9.59 Å². The third-order valence-corrected chi connectivity index (χ3v) is 7.40. The van der Waals surface area contributed by atoms with Crippen molar-refractivity contribution in [3.63, 3.8) is 0 Å². The largest absolute Gasteiger partial charge is 0.492 e. The molecule has 2 aromatic heterocycles. The number of ketones is 2. The van der Waals surface area contributed by atoms with Gasteiger partial charge in [0.2, 0.25) is 11.6 Å². The summed E-state index contributed by atoms with van der Waals surface area (Å²) < 4.78 is 11.4. The number of fused-ring (bicyclic) bond motifs is 2. The number of H-pyrrole nitrogens is 2. The molecular weight excluding hydrogens is 500 g/mol. The Kier molecular flexibility index (Phi) is 7.35. The molecule has 0 amide bonds. The van der Waals surface area contributed by atoms with Crippen LogP contribution in [0.4, 0.5) is 0 Å². The highest BCUT2D eigenvalue weighted by Gasteiger charge is 2.40. The first-order valence-corrected chi connectivity index (χ1v) is 13.5. The summed E-state index contributed by atoms with van der Waals surface area (Å²) in [5, 5.41) is 1.67. The number of hydrogen-bond donors (Lipinski definition) is 2. The highest BCUT2D eigenvalue weighted by Crippen LogP contribution is 2.42. The van der Waals surface area contributed by atoms with E-state index in [4.69, 9.17) is 9.47 Å². The SMILES string of the molecule is CC=C(C)Cc1cccc2c(C3=C(OC)C(=O)C(c4c[nH]c5ccccc45)=C(OC)C3=O)c(C=CC(C)C)[nH]c12. The summed E-state index contributed by atoms with van der Waals surface area (Å²) in [4.78, 5) is 35.2. The van der Waals surface area contributed by atoms with E-state index in [1.165, 1.54) is 19.8 Å². The number of aromatic amines is 2. The number of benzene rings is 2. The van der Waals surface area contributed by atoms with Crippen molar-refractivity contribution in [2.75, 3.05) is 14.2 Å². The molecule has 0 saturated heterocycles. The molecule has 1 aliphatic rings. The smallest absolute Gasteiger partial charge is 0.232 e. The first kappa shape index (κ1) is 27.0. The summed E-state index contributed by atoms with van der Waals surface area (Å²) in [6, 6.07) is 13.7. The van der Waals surface area contributed by atoms with Gasteiger partial charge in [-0.3, -0.25) is 9.59 Å². The van der Waals surface area contributed by atoms with Gasteiger partial charge in [-0.25, -0.2) is 0 Å². The second-order valence-corrected chi connectivity index (χ2v) is 10.4. The van der Waals surface area contributed by atoms with Gasteiger partial charge >= 0.3 is 0 Å². The maximum atomic E-state index is 14.3. The fourth-order valence-corrected chi connectivity index (χ4v) is 5.33. The van der Waals surface area contributed by atoms with Crippen LogP contribution in [0.15, 0.2) is 77.9 Å². The van der Waals surface area contributed by atoms with Gasteiger partial charge in [0.25, 0.3) is 0 Å². The van der Waals surface area contributed by atoms with Crippen LogP contribution in [0, 0.1) is 5.92 Å². The number of Topliss-reactive ketones (excluding diaryl/α,β-unsaturated/α-hetero) is 2. The van der Waals surface area contributed by atoms with Crippen LogP contribution >= 0.6 is 0 Å². The standard InChI is InChI=1S/C34H34N2O4/c1-7-20(4)17-21-11-10-13-23-27(26(36-30(21)23)16-15-19(2)3)29-32(38)33(39-5)28(31(37)34(29)40-6)24-18-35-25-14-9-8-12-22(24)25/h7-16,18-19,35-36H,17H2,1-6H3. The number of ether oxygens (including phenoxy) is 2. The molecule has 0 radical (unpaired) electrons. The number of hydrogen-bond acceptors (Lipinski definition) is 4. The highest BCUT2D eigenvalue weighted by molar-refractivity contribution is 6.48. The lowest BCUT2D eigenvalue weighted by Gasteiger charge is -2.22. The van der Waals surface area contributed by atoms with Crippen LogP contribution in [0.25, 0.3) is 39.0 Å². The molecular formula is C34H34N2O4. The number of aromatic nitrogens is 2. The zero-order chi connectivity index (χ0) is 28.6. The summed E-state index contributed by atoms with van der Waals surface area (Å²) in [5.74, 6) is -0.505. The minimum atomic E-state index is -0.396. The van der Waals surface area contributed by atoms with Gasteiger partial charge in [0.15, 0.2) is 11.5 Å². The predicted octanol–water partition coefficient (Wildman–Crippen LogP) is 7.39. The molecule has 204 valence electrons.